The number of nitrogens with one attached hydrogen (secondary N) is 1. The standard InChI is InChI=1S/C20H20N2O2S2/c1-13-4-5-14(2)18(10-13)26-17-8-6-16(7-9-17)21-19(23)11-22-15(3)12-25-20(22)24/h4-10,12H,11H2,1-3H3,(H,21,23). The summed E-state index contributed by atoms with van der Waals surface area (Å²) in [4.78, 5) is 26.1. The summed E-state index contributed by atoms with van der Waals surface area (Å²) in [5, 5.41) is 4.60. The summed E-state index contributed by atoms with van der Waals surface area (Å²) in [6.45, 7) is 6.05. The highest BCUT2D eigenvalue weighted by Crippen LogP contribution is 2.31. The number of hydrogen-bond acceptors (Lipinski definition) is 4. The van der Waals surface area contributed by atoms with Gasteiger partial charge in [0.25, 0.3) is 0 Å². The maximum atomic E-state index is 12.2. The number of hydrogen-bond donors (Lipinski definition) is 1. The normalized spacial score (nSPS) is 10.7. The summed E-state index contributed by atoms with van der Waals surface area (Å²) in [7, 11) is 0. The summed E-state index contributed by atoms with van der Waals surface area (Å²) in [6.07, 6.45) is 0. The third-order valence-corrected chi connectivity index (χ3v) is 6.04. The molecule has 2 aromatic carbocycles. The number of rotatable bonds is 5. The highest BCUT2D eigenvalue weighted by Gasteiger charge is 2.09. The minimum atomic E-state index is -0.205. The lowest BCUT2D eigenvalue weighted by Crippen LogP contribution is -2.25. The molecule has 1 amide bonds. The Morgan fingerprint density at radius 2 is 1.85 bits per heavy atom. The van der Waals surface area contributed by atoms with E-state index in [1.165, 1.54) is 20.6 Å². The molecule has 3 rings (SSSR count). The van der Waals surface area contributed by atoms with Crippen molar-refractivity contribution in [2.24, 2.45) is 0 Å². The molecular weight excluding hydrogens is 364 g/mol. The van der Waals surface area contributed by atoms with E-state index in [1.807, 2.05) is 31.2 Å². The van der Waals surface area contributed by atoms with Gasteiger partial charge in [0.05, 0.1) is 0 Å². The molecule has 0 bridgehead atoms. The number of thiazole rings is 1. The predicted molar refractivity (Wildman–Crippen MR) is 108 cm³/mol. The molecule has 1 N–H and O–H groups in total. The van der Waals surface area contributed by atoms with E-state index in [1.54, 1.807) is 17.1 Å². The Kier molecular flexibility index (Phi) is 5.64. The molecule has 26 heavy (non-hydrogen) atoms. The van der Waals surface area contributed by atoms with Gasteiger partial charge in [0.2, 0.25) is 5.91 Å². The molecule has 0 spiro atoms. The average molecular weight is 385 g/mol. The smallest absolute Gasteiger partial charge is 0.307 e. The van der Waals surface area contributed by atoms with Crippen molar-refractivity contribution >= 4 is 34.7 Å². The number of anilines is 1. The third kappa shape index (κ3) is 4.45. The summed E-state index contributed by atoms with van der Waals surface area (Å²) in [5.41, 5.74) is 4.01. The SMILES string of the molecule is Cc1ccc(C)c(Sc2ccc(NC(=O)Cn3c(C)csc3=O)cc2)c1. The highest BCUT2D eigenvalue weighted by molar-refractivity contribution is 7.99. The number of carbonyl (C=O) groups excluding carboxylic acids is 1. The Labute approximate surface area is 160 Å². The molecule has 3 aromatic rings. The van der Waals surface area contributed by atoms with Gasteiger partial charge in [-0.05, 0) is 62.2 Å². The Morgan fingerprint density at radius 1 is 1.12 bits per heavy atom. The van der Waals surface area contributed by atoms with Gasteiger partial charge in [0.1, 0.15) is 6.54 Å². The van der Waals surface area contributed by atoms with Crippen LogP contribution in [-0.4, -0.2) is 10.5 Å². The lowest BCUT2D eigenvalue weighted by Gasteiger charge is -2.09. The maximum absolute atomic E-state index is 12.2. The first-order chi connectivity index (χ1) is 12.4. The predicted octanol–water partition coefficient (Wildman–Crippen LogP) is 4.62. The Bertz CT molecular complexity index is 988. The number of amides is 1. The first-order valence-corrected chi connectivity index (χ1v) is 9.92. The van der Waals surface area contributed by atoms with Crippen LogP contribution >= 0.6 is 23.1 Å². The van der Waals surface area contributed by atoms with Crippen molar-refractivity contribution in [2.75, 3.05) is 5.32 Å². The van der Waals surface area contributed by atoms with E-state index in [4.69, 9.17) is 0 Å². The third-order valence-electron chi connectivity index (χ3n) is 3.99. The molecule has 4 nitrogen and oxygen atoms in total. The van der Waals surface area contributed by atoms with Gasteiger partial charge in [0, 0.05) is 26.6 Å². The molecule has 0 aliphatic carbocycles. The first kappa shape index (κ1) is 18.5. The first-order valence-electron chi connectivity index (χ1n) is 8.22. The average Bonchev–Trinajstić information content (AvgIpc) is 2.92. The fraction of sp³-hybridized carbons (Fsp3) is 0.200. The van der Waals surface area contributed by atoms with Crippen LogP contribution in [0.4, 0.5) is 5.69 Å². The highest BCUT2D eigenvalue weighted by atomic mass is 32.2. The van der Waals surface area contributed by atoms with Gasteiger partial charge in [-0.2, -0.15) is 0 Å². The van der Waals surface area contributed by atoms with Crippen LogP contribution in [0.25, 0.3) is 0 Å². The van der Waals surface area contributed by atoms with E-state index >= 15 is 0 Å². The van der Waals surface area contributed by atoms with Crippen LogP contribution in [0.1, 0.15) is 16.8 Å². The molecular formula is C20H20N2O2S2. The van der Waals surface area contributed by atoms with Crippen molar-refractivity contribution in [2.45, 2.75) is 37.1 Å². The molecule has 1 heterocycles. The minimum Gasteiger partial charge on any atom is -0.325 e. The van der Waals surface area contributed by atoms with Crippen molar-refractivity contribution in [3.63, 3.8) is 0 Å². The number of nitrogens with zero attached hydrogens (tertiary/aromatic N) is 1. The number of aromatic nitrogens is 1. The van der Waals surface area contributed by atoms with Crippen molar-refractivity contribution in [3.8, 4) is 0 Å². The second-order valence-corrected chi connectivity index (χ2v) is 8.11. The van der Waals surface area contributed by atoms with E-state index in [0.29, 0.717) is 0 Å². The van der Waals surface area contributed by atoms with Crippen LogP contribution in [0.15, 0.2) is 62.4 Å². The van der Waals surface area contributed by atoms with Crippen molar-refractivity contribution in [3.05, 3.63) is 74.3 Å². The van der Waals surface area contributed by atoms with Gasteiger partial charge in [0.15, 0.2) is 0 Å². The Morgan fingerprint density at radius 3 is 2.50 bits per heavy atom. The number of carbonyl (C=O) groups is 1. The Balaban J connectivity index is 1.65. The maximum Gasteiger partial charge on any atom is 0.307 e. The molecule has 0 atom stereocenters. The topological polar surface area (TPSA) is 51.1 Å². The molecule has 0 fully saturated rings. The van der Waals surface area contributed by atoms with E-state index in [0.717, 1.165) is 27.6 Å². The molecule has 0 saturated heterocycles. The van der Waals surface area contributed by atoms with Gasteiger partial charge in [-0.25, -0.2) is 0 Å². The quantitative estimate of drug-likeness (QED) is 0.698. The fourth-order valence-corrected chi connectivity index (χ4v) is 4.23. The van der Waals surface area contributed by atoms with Crippen LogP contribution in [-0.2, 0) is 11.3 Å². The van der Waals surface area contributed by atoms with Gasteiger partial charge >= 0.3 is 4.87 Å². The summed E-state index contributed by atoms with van der Waals surface area (Å²) >= 11 is 2.82. The zero-order valence-electron chi connectivity index (χ0n) is 14.9. The molecule has 0 aliphatic heterocycles. The van der Waals surface area contributed by atoms with E-state index in [2.05, 4.69) is 37.4 Å². The summed E-state index contributed by atoms with van der Waals surface area (Å²) < 4.78 is 1.48. The molecule has 0 unspecified atom stereocenters. The van der Waals surface area contributed by atoms with Crippen LogP contribution in [0.3, 0.4) is 0 Å². The molecule has 0 aliphatic rings. The van der Waals surface area contributed by atoms with Gasteiger partial charge in [-0.3, -0.25) is 14.2 Å². The zero-order valence-corrected chi connectivity index (χ0v) is 16.5. The molecule has 0 saturated carbocycles. The van der Waals surface area contributed by atoms with Crippen molar-refractivity contribution < 1.29 is 4.79 Å². The monoisotopic (exact) mass is 384 g/mol. The van der Waals surface area contributed by atoms with Crippen molar-refractivity contribution in [1.82, 2.24) is 4.57 Å². The zero-order chi connectivity index (χ0) is 18.7. The largest absolute Gasteiger partial charge is 0.325 e. The van der Waals surface area contributed by atoms with Crippen LogP contribution in [0.5, 0.6) is 0 Å². The van der Waals surface area contributed by atoms with E-state index in [9.17, 15) is 9.59 Å². The van der Waals surface area contributed by atoms with Crippen LogP contribution in [0, 0.1) is 20.8 Å². The van der Waals surface area contributed by atoms with Gasteiger partial charge < -0.3 is 5.32 Å². The number of aryl methyl sites for hydroxylation is 3. The van der Waals surface area contributed by atoms with Crippen molar-refractivity contribution in [1.29, 1.82) is 0 Å². The van der Waals surface area contributed by atoms with Gasteiger partial charge in [-0.15, -0.1) is 0 Å². The second-order valence-electron chi connectivity index (χ2n) is 6.17. The summed E-state index contributed by atoms with van der Waals surface area (Å²) in [5.74, 6) is -0.205. The van der Waals surface area contributed by atoms with Crippen LogP contribution < -0.4 is 10.2 Å². The van der Waals surface area contributed by atoms with Crippen LogP contribution in [0.2, 0.25) is 0 Å². The molecule has 134 valence electrons. The molecule has 0 radical (unpaired) electrons. The van der Waals surface area contributed by atoms with E-state index in [-0.39, 0.29) is 17.3 Å². The summed E-state index contributed by atoms with van der Waals surface area (Å²) in [6, 6.07) is 14.2. The minimum absolute atomic E-state index is 0.0349. The fourth-order valence-electron chi connectivity index (χ4n) is 2.49. The van der Waals surface area contributed by atoms with E-state index < -0.39 is 0 Å². The lowest BCUT2D eigenvalue weighted by atomic mass is 10.2. The Hall–Kier alpha value is -2.31. The molecule has 6 heteroatoms. The lowest BCUT2D eigenvalue weighted by molar-refractivity contribution is -0.116. The number of benzene rings is 2. The second kappa shape index (κ2) is 7.93. The van der Waals surface area contributed by atoms with Gasteiger partial charge in [-0.1, -0.05) is 35.2 Å². The molecule has 1 aromatic heterocycles.